The molecule has 3 N–H and O–H groups in total. The summed E-state index contributed by atoms with van der Waals surface area (Å²) < 4.78 is 5.48. The summed E-state index contributed by atoms with van der Waals surface area (Å²) in [4.78, 5) is 19.7. The van der Waals surface area contributed by atoms with E-state index < -0.39 is 0 Å². The van der Waals surface area contributed by atoms with Crippen molar-refractivity contribution in [2.24, 2.45) is 0 Å². The summed E-state index contributed by atoms with van der Waals surface area (Å²) >= 11 is 0. The fourth-order valence-corrected chi connectivity index (χ4v) is 4.83. The molecule has 5 rings (SSSR count). The molecule has 4 aromatic rings. The molecular weight excluding hydrogens is 452 g/mol. The minimum absolute atomic E-state index is 0.116. The highest BCUT2D eigenvalue weighted by Gasteiger charge is 2.24. The highest BCUT2D eigenvalue weighted by molar-refractivity contribution is 5.94. The highest BCUT2D eigenvalue weighted by Crippen LogP contribution is 2.31. The third-order valence-electron chi connectivity index (χ3n) is 6.73. The van der Waals surface area contributed by atoms with Crippen molar-refractivity contribution in [3.8, 4) is 11.3 Å². The van der Waals surface area contributed by atoms with E-state index in [9.17, 15) is 4.79 Å². The number of para-hydroxylation sites is 1. The Morgan fingerprint density at radius 3 is 2.42 bits per heavy atom. The van der Waals surface area contributed by atoms with Gasteiger partial charge in [-0.25, -0.2) is 9.78 Å². The Kier molecular flexibility index (Phi) is 6.75. The molecule has 2 aromatic heterocycles. The number of hydrogen-bond donors (Lipinski definition) is 3. The van der Waals surface area contributed by atoms with E-state index in [-0.39, 0.29) is 12.1 Å². The number of urea groups is 1. The molecule has 2 heterocycles. The van der Waals surface area contributed by atoms with Crippen molar-refractivity contribution in [3.05, 3.63) is 66.4 Å². The van der Waals surface area contributed by atoms with E-state index in [2.05, 4.69) is 52.2 Å². The molecule has 0 radical (unpaired) electrons. The Morgan fingerprint density at radius 2 is 1.67 bits per heavy atom. The van der Waals surface area contributed by atoms with Crippen LogP contribution in [-0.2, 0) is 0 Å². The fourth-order valence-electron chi connectivity index (χ4n) is 4.83. The first-order chi connectivity index (χ1) is 17.5. The van der Waals surface area contributed by atoms with Crippen LogP contribution in [0.25, 0.3) is 22.2 Å². The van der Waals surface area contributed by atoms with Crippen molar-refractivity contribution in [2.45, 2.75) is 44.7 Å². The number of nitrogens with one attached hydrogen (secondary N) is 3. The van der Waals surface area contributed by atoms with Crippen LogP contribution in [0.2, 0.25) is 0 Å². The third kappa shape index (κ3) is 5.12. The lowest BCUT2D eigenvalue weighted by atomic mass is 9.91. The van der Waals surface area contributed by atoms with E-state index in [1.807, 2.05) is 55.5 Å². The topological polar surface area (TPSA) is 95.3 Å². The lowest BCUT2D eigenvalue weighted by molar-refractivity contribution is 0.243. The van der Waals surface area contributed by atoms with Crippen LogP contribution in [0.3, 0.4) is 0 Å². The normalized spacial score (nSPS) is 17.5. The molecule has 0 aliphatic heterocycles. The summed E-state index contributed by atoms with van der Waals surface area (Å²) in [7, 11) is 4.11. The van der Waals surface area contributed by atoms with Gasteiger partial charge < -0.3 is 25.4 Å². The summed E-state index contributed by atoms with van der Waals surface area (Å²) in [6.07, 6.45) is 3.71. The molecule has 0 saturated heterocycles. The maximum absolute atomic E-state index is 12.8. The molecule has 1 saturated carbocycles. The van der Waals surface area contributed by atoms with E-state index in [0.29, 0.717) is 23.2 Å². The summed E-state index contributed by atoms with van der Waals surface area (Å²) in [5, 5.41) is 14.9. The predicted molar refractivity (Wildman–Crippen MR) is 145 cm³/mol. The fraction of sp³-hybridized carbons (Fsp3) is 0.321. The largest absolute Gasteiger partial charge is 0.377 e. The van der Waals surface area contributed by atoms with Gasteiger partial charge in [-0.15, -0.1) is 0 Å². The van der Waals surface area contributed by atoms with Gasteiger partial charge in [0.05, 0.1) is 5.52 Å². The maximum atomic E-state index is 12.8. The summed E-state index contributed by atoms with van der Waals surface area (Å²) in [6, 6.07) is 20.2. The smallest absolute Gasteiger partial charge is 0.319 e. The Hall–Kier alpha value is -4.07. The zero-order chi connectivity index (χ0) is 25.1. The SMILES string of the molecule is Cc1noc(-c2ccccc2)c1NC(=O)NC1CCC(Nc2cc(N(C)C)c3ccccc3n2)CC1. The van der Waals surface area contributed by atoms with Crippen LogP contribution in [0.1, 0.15) is 31.4 Å². The van der Waals surface area contributed by atoms with Gasteiger partial charge in [0.15, 0.2) is 5.76 Å². The number of rotatable bonds is 6. The van der Waals surface area contributed by atoms with Crippen molar-refractivity contribution in [2.75, 3.05) is 29.6 Å². The van der Waals surface area contributed by atoms with Crippen LogP contribution < -0.4 is 20.9 Å². The summed E-state index contributed by atoms with van der Waals surface area (Å²) in [5.74, 6) is 1.46. The number of aromatic nitrogens is 2. The van der Waals surface area contributed by atoms with Gasteiger partial charge in [-0.1, -0.05) is 53.7 Å². The average Bonchev–Trinajstić information content (AvgIpc) is 3.24. The average molecular weight is 485 g/mol. The van der Waals surface area contributed by atoms with Crippen molar-refractivity contribution < 1.29 is 9.32 Å². The van der Waals surface area contributed by atoms with Gasteiger partial charge in [-0.05, 0) is 38.7 Å². The molecule has 0 atom stereocenters. The van der Waals surface area contributed by atoms with Crippen LogP contribution >= 0.6 is 0 Å². The van der Waals surface area contributed by atoms with Crippen LogP contribution in [0, 0.1) is 6.92 Å². The first-order valence-electron chi connectivity index (χ1n) is 12.4. The summed E-state index contributed by atoms with van der Waals surface area (Å²) in [5.41, 5.74) is 4.26. The molecule has 1 aliphatic carbocycles. The van der Waals surface area contributed by atoms with E-state index in [0.717, 1.165) is 53.7 Å². The highest BCUT2D eigenvalue weighted by atomic mass is 16.5. The van der Waals surface area contributed by atoms with Gasteiger partial charge in [0, 0.05) is 48.9 Å². The molecule has 8 heteroatoms. The number of hydrogen-bond acceptors (Lipinski definition) is 6. The second-order valence-corrected chi connectivity index (χ2v) is 9.57. The first-order valence-corrected chi connectivity index (χ1v) is 12.4. The molecule has 0 spiro atoms. The lowest BCUT2D eigenvalue weighted by Crippen LogP contribution is -2.42. The molecule has 186 valence electrons. The number of nitrogens with zero attached hydrogens (tertiary/aromatic N) is 3. The minimum atomic E-state index is -0.235. The van der Waals surface area contributed by atoms with Crippen molar-refractivity contribution in [1.29, 1.82) is 0 Å². The monoisotopic (exact) mass is 484 g/mol. The molecular formula is C28H32N6O2. The summed E-state index contributed by atoms with van der Waals surface area (Å²) in [6.45, 7) is 1.82. The van der Waals surface area contributed by atoms with Crippen molar-refractivity contribution >= 4 is 34.1 Å². The second kappa shape index (κ2) is 10.3. The van der Waals surface area contributed by atoms with Crippen LogP contribution in [-0.4, -0.2) is 42.4 Å². The van der Waals surface area contributed by atoms with Crippen molar-refractivity contribution in [1.82, 2.24) is 15.5 Å². The van der Waals surface area contributed by atoms with Gasteiger partial charge in [0.1, 0.15) is 17.2 Å². The molecule has 2 aromatic carbocycles. The Bertz CT molecular complexity index is 1340. The van der Waals surface area contributed by atoms with E-state index >= 15 is 0 Å². The second-order valence-electron chi connectivity index (χ2n) is 9.57. The Balaban J connectivity index is 1.18. The Morgan fingerprint density at radius 1 is 0.972 bits per heavy atom. The van der Waals surface area contributed by atoms with Gasteiger partial charge in [-0.2, -0.15) is 0 Å². The first kappa shape index (κ1) is 23.7. The number of pyridine rings is 1. The molecule has 1 aliphatic rings. The van der Waals surface area contributed by atoms with E-state index in [1.165, 1.54) is 0 Å². The van der Waals surface area contributed by atoms with E-state index in [4.69, 9.17) is 9.51 Å². The quantitative estimate of drug-likeness (QED) is 0.320. The third-order valence-corrected chi connectivity index (χ3v) is 6.73. The number of amides is 2. The van der Waals surface area contributed by atoms with Gasteiger partial charge in [-0.3, -0.25) is 0 Å². The Labute approximate surface area is 211 Å². The van der Waals surface area contributed by atoms with Gasteiger partial charge >= 0.3 is 6.03 Å². The molecule has 36 heavy (non-hydrogen) atoms. The zero-order valence-electron chi connectivity index (χ0n) is 20.9. The van der Waals surface area contributed by atoms with Crippen molar-refractivity contribution in [3.63, 3.8) is 0 Å². The van der Waals surface area contributed by atoms with Gasteiger partial charge in [0.2, 0.25) is 0 Å². The van der Waals surface area contributed by atoms with E-state index in [1.54, 1.807) is 0 Å². The molecule has 0 bridgehead atoms. The molecule has 1 fully saturated rings. The molecule has 2 amide bonds. The molecule has 0 unspecified atom stereocenters. The minimum Gasteiger partial charge on any atom is -0.377 e. The maximum Gasteiger partial charge on any atom is 0.319 e. The van der Waals surface area contributed by atoms with Crippen LogP contribution in [0.15, 0.2) is 65.2 Å². The number of carbonyl (C=O) groups is 1. The standard InChI is InChI=1S/C28H32N6O2/c1-18-26(27(36-33-18)19-9-5-4-6-10-19)32-28(35)30-21-15-13-20(14-16-21)29-25-17-24(34(2)3)22-11-7-8-12-23(22)31-25/h4-12,17,20-21H,13-16H2,1-3H3,(H,29,31)(H2,30,32,35). The number of fused-ring (bicyclic) bond motifs is 1. The molecule has 8 nitrogen and oxygen atoms in total. The van der Waals surface area contributed by atoms with Crippen LogP contribution in [0.4, 0.5) is 22.0 Å². The zero-order valence-corrected chi connectivity index (χ0v) is 20.9. The predicted octanol–water partition coefficient (Wildman–Crippen LogP) is 5.81. The van der Waals surface area contributed by atoms with Gasteiger partial charge in [0.25, 0.3) is 0 Å². The number of benzene rings is 2. The number of anilines is 3. The number of carbonyl (C=O) groups excluding carboxylic acids is 1. The van der Waals surface area contributed by atoms with Crippen LogP contribution in [0.5, 0.6) is 0 Å². The lowest BCUT2D eigenvalue weighted by Gasteiger charge is -2.30. The number of aryl methyl sites for hydroxylation is 1.